The number of halogens is 2. The molecule has 1 saturated carbocycles. The summed E-state index contributed by atoms with van der Waals surface area (Å²) in [5.41, 5.74) is 2.88. The molecule has 1 aliphatic carbocycles. The van der Waals surface area contributed by atoms with E-state index in [2.05, 4.69) is 15.2 Å². The largest absolute Gasteiger partial charge is 0.434 e. The van der Waals surface area contributed by atoms with Gasteiger partial charge in [-0.1, -0.05) is 41.4 Å². The predicted molar refractivity (Wildman–Crippen MR) is 109 cm³/mol. The van der Waals surface area contributed by atoms with Gasteiger partial charge in [-0.05, 0) is 55.9 Å². The molecule has 29 heavy (non-hydrogen) atoms. The fraction of sp³-hybridized carbons (Fsp3) is 0.238. The first-order valence-electron chi connectivity index (χ1n) is 9.08. The molecule has 1 fully saturated rings. The van der Waals surface area contributed by atoms with E-state index in [0.29, 0.717) is 17.4 Å². The van der Waals surface area contributed by atoms with Gasteiger partial charge in [0.1, 0.15) is 10.9 Å². The van der Waals surface area contributed by atoms with E-state index in [-0.39, 0.29) is 27.5 Å². The summed E-state index contributed by atoms with van der Waals surface area (Å²) in [6.45, 7) is 3.73. The normalized spacial score (nSPS) is 13.2. The Bertz CT molecular complexity index is 1100. The van der Waals surface area contributed by atoms with Gasteiger partial charge < -0.3 is 9.47 Å². The quantitative estimate of drug-likeness (QED) is 0.383. The van der Waals surface area contributed by atoms with E-state index in [1.807, 2.05) is 25.1 Å². The average Bonchev–Trinajstić information content (AvgIpc) is 3.50. The second kappa shape index (κ2) is 7.97. The van der Waals surface area contributed by atoms with Crippen molar-refractivity contribution in [2.45, 2.75) is 32.6 Å². The zero-order valence-corrected chi connectivity index (χ0v) is 17.3. The molecular formula is C21H17Cl2N3O3. The van der Waals surface area contributed by atoms with Crippen LogP contribution in [0.25, 0.3) is 0 Å². The Hall–Kier alpha value is -2.70. The molecule has 6 nitrogen and oxygen atoms in total. The van der Waals surface area contributed by atoms with E-state index >= 15 is 0 Å². The van der Waals surface area contributed by atoms with Gasteiger partial charge in [0.2, 0.25) is 0 Å². The van der Waals surface area contributed by atoms with Crippen LogP contribution in [0.15, 0.2) is 36.4 Å². The smallest absolute Gasteiger partial charge is 0.346 e. The van der Waals surface area contributed by atoms with E-state index < -0.39 is 5.97 Å². The minimum absolute atomic E-state index is 0.0511. The molecule has 0 radical (unpaired) electrons. The lowest BCUT2D eigenvalue weighted by molar-refractivity contribution is 0.0729. The molecule has 0 unspecified atom stereocenters. The highest BCUT2D eigenvalue weighted by atomic mass is 35.5. The average molecular weight is 430 g/mol. The van der Waals surface area contributed by atoms with Crippen molar-refractivity contribution < 1.29 is 14.3 Å². The third kappa shape index (κ3) is 4.33. The molecule has 1 aliphatic rings. The maximum atomic E-state index is 12.6. The summed E-state index contributed by atoms with van der Waals surface area (Å²) in [5, 5.41) is 7.94. The molecule has 8 heteroatoms. The number of nitrogens with zero attached hydrogens (tertiary/aromatic N) is 3. The number of aromatic nitrogens is 3. The van der Waals surface area contributed by atoms with Crippen molar-refractivity contribution in [3.8, 4) is 17.4 Å². The van der Waals surface area contributed by atoms with Gasteiger partial charge in [0.15, 0.2) is 10.9 Å². The number of para-hydroxylation sites is 1. The molecule has 0 bridgehead atoms. The van der Waals surface area contributed by atoms with Gasteiger partial charge in [0, 0.05) is 11.8 Å². The molecule has 2 heterocycles. The Balaban J connectivity index is 1.66. The molecule has 0 atom stereocenters. The molecule has 0 aliphatic heterocycles. The molecule has 148 valence electrons. The molecule has 0 N–H and O–H groups in total. The monoisotopic (exact) mass is 429 g/mol. The first kappa shape index (κ1) is 19.6. The molecule has 3 aromatic rings. The van der Waals surface area contributed by atoms with E-state index in [4.69, 9.17) is 32.7 Å². The highest BCUT2D eigenvalue weighted by molar-refractivity contribution is 6.32. The fourth-order valence-electron chi connectivity index (χ4n) is 2.94. The van der Waals surface area contributed by atoms with Crippen LogP contribution in [0.4, 0.5) is 0 Å². The fourth-order valence-corrected chi connectivity index (χ4v) is 3.35. The first-order chi connectivity index (χ1) is 13.9. The lowest BCUT2D eigenvalue weighted by Crippen LogP contribution is -2.11. The Kier molecular flexibility index (Phi) is 5.39. The molecule has 0 saturated heterocycles. The first-order valence-corrected chi connectivity index (χ1v) is 9.84. The summed E-state index contributed by atoms with van der Waals surface area (Å²) in [5.74, 6) is 0.572. The van der Waals surface area contributed by atoms with Crippen LogP contribution in [0.3, 0.4) is 0 Å². The highest BCUT2D eigenvalue weighted by Crippen LogP contribution is 2.46. The van der Waals surface area contributed by atoms with Gasteiger partial charge in [0.05, 0.1) is 5.56 Å². The van der Waals surface area contributed by atoms with Gasteiger partial charge in [-0.15, -0.1) is 10.2 Å². The third-order valence-corrected chi connectivity index (χ3v) is 5.04. The third-order valence-electron chi connectivity index (χ3n) is 4.57. The summed E-state index contributed by atoms with van der Waals surface area (Å²) >= 11 is 12.0. The zero-order chi connectivity index (χ0) is 20.5. The number of esters is 1. The number of aryl methyl sites for hydroxylation is 2. The molecule has 1 aromatic carbocycles. The van der Waals surface area contributed by atoms with Crippen molar-refractivity contribution in [2.75, 3.05) is 0 Å². The van der Waals surface area contributed by atoms with E-state index in [9.17, 15) is 4.79 Å². The summed E-state index contributed by atoms with van der Waals surface area (Å²) in [7, 11) is 0. The van der Waals surface area contributed by atoms with Gasteiger partial charge >= 0.3 is 5.97 Å². The van der Waals surface area contributed by atoms with Gasteiger partial charge in [-0.2, -0.15) is 0 Å². The van der Waals surface area contributed by atoms with Crippen LogP contribution < -0.4 is 9.47 Å². The SMILES string of the molecule is Cc1ccc(C(=O)Oc2cc(Cl)nnc2Oc2c(C)cccc2C2CC2)c(Cl)n1. The van der Waals surface area contributed by atoms with Crippen molar-refractivity contribution in [3.63, 3.8) is 0 Å². The Morgan fingerprint density at radius 1 is 1.10 bits per heavy atom. The molecular weight excluding hydrogens is 413 g/mol. The second-order valence-corrected chi connectivity index (χ2v) is 7.63. The number of ether oxygens (including phenoxy) is 2. The van der Waals surface area contributed by atoms with Crippen molar-refractivity contribution in [3.05, 3.63) is 69.1 Å². The predicted octanol–water partition coefficient (Wildman–Crippen LogP) is 5.68. The summed E-state index contributed by atoms with van der Waals surface area (Å²) in [4.78, 5) is 16.7. The van der Waals surface area contributed by atoms with Crippen molar-refractivity contribution >= 4 is 29.2 Å². The van der Waals surface area contributed by atoms with Crippen LogP contribution in [-0.4, -0.2) is 21.2 Å². The Labute approximate surface area is 177 Å². The van der Waals surface area contributed by atoms with Gasteiger partial charge in [-0.3, -0.25) is 0 Å². The van der Waals surface area contributed by atoms with Crippen molar-refractivity contribution in [1.82, 2.24) is 15.2 Å². The maximum Gasteiger partial charge on any atom is 0.346 e. The lowest BCUT2D eigenvalue weighted by atomic mass is 10.1. The van der Waals surface area contributed by atoms with Crippen molar-refractivity contribution in [2.24, 2.45) is 0 Å². The zero-order valence-electron chi connectivity index (χ0n) is 15.8. The van der Waals surface area contributed by atoms with Gasteiger partial charge in [-0.25, -0.2) is 9.78 Å². The summed E-state index contributed by atoms with van der Waals surface area (Å²) < 4.78 is 11.5. The number of hydrogen-bond donors (Lipinski definition) is 0. The number of hydrogen-bond acceptors (Lipinski definition) is 6. The van der Waals surface area contributed by atoms with Crippen LogP contribution in [0.2, 0.25) is 10.3 Å². The number of pyridine rings is 1. The number of rotatable bonds is 5. The number of carbonyl (C=O) groups excluding carboxylic acids is 1. The molecule has 4 rings (SSSR count). The summed E-state index contributed by atoms with van der Waals surface area (Å²) in [6, 6.07) is 10.6. The Morgan fingerprint density at radius 3 is 2.62 bits per heavy atom. The highest BCUT2D eigenvalue weighted by Gasteiger charge is 2.28. The van der Waals surface area contributed by atoms with E-state index in [1.165, 1.54) is 6.07 Å². The Morgan fingerprint density at radius 2 is 1.90 bits per heavy atom. The van der Waals surface area contributed by atoms with Crippen LogP contribution in [0.5, 0.6) is 17.4 Å². The minimum atomic E-state index is -0.691. The second-order valence-electron chi connectivity index (χ2n) is 6.89. The topological polar surface area (TPSA) is 74.2 Å². The van der Waals surface area contributed by atoms with E-state index in [1.54, 1.807) is 19.1 Å². The maximum absolute atomic E-state index is 12.6. The summed E-state index contributed by atoms with van der Waals surface area (Å²) in [6.07, 6.45) is 2.24. The van der Waals surface area contributed by atoms with E-state index in [0.717, 1.165) is 24.0 Å². The minimum Gasteiger partial charge on any atom is -0.434 e. The number of benzene rings is 1. The van der Waals surface area contributed by atoms with Crippen LogP contribution in [0, 0.1) is 13.8 Å². The van der Waals surface area contributed by atoms with Gasteiger partial charge in [0.25, 0.3) is 5.88 Å². The standard InChI is InChI=1S/C21H17Cl2N3O3/c1-11-4-3-5-14(13-7-8-13)18(11)29-20-16(10-17(22)25-26-20)28-21(27)15-9-6-12(2)24-19(15)23/h3-6,9-10,13H,7-8H2,1-2H3. The van der Waals surface area contributed by atoms with Crippen LogP contribution in [0.1, 0.15) is 45.9 Å². The number of carbonyl (C=O) groups is 1. The molecule has 2 aromatic heterocycles. The van der Waals surface area contributed by atoms with Crippen molar-refractivity contribution in [1.29, 1.82) is 0 Å². The lowest BCUT2D eigenvalue weighted by Gasteiger charge is -2.15. The molecule has 0 spiro atoms. The van der Waals surface area contributed by atoms with Crippen LogP contribution in [-0.2, 0) is 0 Å². The molecule has 0 amide bonds. The van der Waals surface area contributed by atoms with Crippen LogP contribution >= 0.6 is 23.2 Å².